The molecular formula is C73H145NO8. The Morgan fingerprint density at radius 3 is 0.866 bits per heavy atom. The fourth-order valence-corrected chi connectivity index (χ4v) is 12.6. The standard InChI is InChI=1S/C73H145NO8/c1-3-5-7-9-11-13-15-17-19-21-23-25-27-29-31-32-33-34-35-37-38-40-42-44-46-48-50-52-54-56-58-60-62-67(76)66(65-81-73-72(80)71(79)70(78)68(64-75)82-73)74-69(77)63-61-59-57-55-53-51-49-47-45-43-41-39-36-30-28-26-24-22-20-18-16-14-12-10-8-6-4-2/h66-68,70-73,75-76,78-80H,3-65H2,1-2H3,(H,74,77). The molecule has 0 saturated carbocycles. The van der Waals surface area contributed by atoms with E-state index >= 15 is 0 Å². The molecular weight excluding hydrogens is 1020 g/mol. The SMILES string of the molecule is CCCCCCCCCCCCCCCCCCCCCCCCCCCCCCCCCCC(O)C(COC1OC(CO)C(O)C(O)C1O)NC(=O)CCCCCCCCCCCCCCCCCCCCCCCCCCCCC. The molecule has 0 aliphatic carbocycles. The van der Waals surface area contributed by atoms with Crippen molar-refractivity contribution in [3.05, 3.63) is 0 Å². The Morgan fingerprint density at radius 2 is 0.610 bits per heavy atom. The van der Waals surface area contributed by atoms with Gasteiger partial charge < -0.3 is 40.3 Å². The summed E-state index contributed by atoms with van der Waals surface area (Å²) in [7, 11) is 0. The number of nitrogens with one attached hydrogen (secondary N) is 1. The zero-order chi connectivity index (χ0) is 59.3. The molecule has 6 N–H and O–H groups in total. The topological polar surface area (TPSA) is 149 Å². The van der Waals surface area contributed by atoms with Crippen LogP contribution in [0.25, 0.3) is 0 Å². The fourth-order valence-electron chi connectivity index (χ4n) is 12.6. The van der Waals surface area contributed by atoms with E-state index in [-0.39, 0.29) is 12.5 Å². The van der Waals surface area contributed by atoms with Crippen LogP contribution in [-0.4, -0.2) is 87.5 Å². The fraction of sp³-hybridized carbons (Fsp3) is 0.986. The smallest absolute Gasteiger partial charge is 0.220 e. The lowest BCUT2D eigenvalue weighted by Crippen LogP contribution is -2.60. The molecule has 1 amide bonds. The molecule has 1 rings (SSSR count). The average Bonchev–Trinajstić information content (AvgIpc) is 3.57. The van der Waals surface area contributed by atoms with Crippen LogP contribution in [0.1, 0.15) is 406 Å². The maximum Gasteiger partial charge on any atom is 0.220 e. The van der Waals surface area contributed by atoms with Crippen molar-refractivity contribution in [1.29, 1.82) is 0 Å². The molecule has 1 aliphatic heterocycles. The van der Waals surface area contributed by atoms with Gasteiger partial charge in [-0.05, 0) is 12.8 Å². The predicted octanol–water partition coefficient (Wildman–Crippen LogP) is 20.5. The van der Waals surface area contributed by atoms with Gasteiger partial charge in [0.05, 0.1) is 25.4 Å². The van der Waals surface area contributed by atoms with Crippen molar-refractivity contribution in [2.45, 2.75) is 448 Å². The first-order valence-corrected chi connectivity index (χ1v) is 37.2. The van der Waals surface area contributed by atoms with Crippen molar-refractivity contribution in [3.63, 3.8) is 0 Å². The zero-order valence-electron chi connectivity index (χ0n) is 55.0. The second-order valence-corrected chi connectivity index (χ2v) is 26.5. The molecule has 9 heteroatoms. The van der Waals surface area contributed by atoms with Crippen LogP contribution >= 0.6 is 0 Å². The van der Waals surface area contributed by atoms with Gasteiger partial charge >= 0.3 is 0 Å². The molecule has 0 aromatic carbocycles. The van der Waals surface area contributed by atoms with Crippen molar-refractivity contribution < 1.29 is 39.8 Å². The Labute approximate surface area is 510 Å². The molecule has 0 bridgehead atoms. The molecule has 82 heavy (non-hydrogen) atoms. The summed E-state index contributed by atoms with van der Waals surface area (Å²) in [5.41, 5.74) is 0. The molecule has 490 valence electrons. The number of carbonyl (C=O) groups is 1. The number of unbranched alkanes of at least 4 members (excludes halogenated alkanes) is 57. The van der Waals surface area contributed by atoms with Crippen LogP contribution in [0.15, 0.2) is 0 Å². The number of aliphatic hydroxyl groups excluding tert-OH is 5. The Morgan fingerprint density at radius 1 is 0.366 bits per heavy atom. The van der Waals surface area contributed by atoms with Gasteiger partial charge in [0, 0.05) is 6.42 Å². The van der Waals surface area contributed by atoms with E-state index < -0.39 is 49.5 Å². The first-order chi connectivity index (χ1) is 40.3. The predicted molar refractivity (Wildman–Crippen MR) is 351 cm³/mol. The summed E-state index contributed by atoms with van der Waals surface area (Å²) in [5.74, 6) is -0.132. The van der Waals surface area contributed by atoms with Gasteiger partial charge in [-0.15, -0.1) is 0 Å². The molecule has 7 unspecified atom stereocenters. The lowest BCUT2D eigenvalue weighted by molar-refractivity contribution is -0.302. The maximum absolute atomic E-state index is 13.2. The summed E-state index contributed by atoms with van der Waals surface area (Å²) in [6, 6.07) is -0.716. The van der Waals surface area contributed by atoms with Gasteiger partial charge in [0.2, 0.25) is 5.91 Å². The van der Waals surface area contributed by atoms with Crippen LogP contribution in [0, 0.1) is 0 Å². The lowest BCUT2D eigenvalue weighted by atomic mass is 9.99. The normalized spacial score (nSPS) is 18.2. The minimum absolute atomic E-state index is 0.130. The third kappa shape index (κ3) is 51.3. The number of ether oxygens (including phenoxy) is 2. The van der Waals surface area contributed by atoms with Gasteiger partial charge in [-0.25, -0.2) is 0 Å². The van der Waals surface area contributed by atoms with Gasteiger partial charge in [-0.2, -0.15) is 0 Å². The van der Waals surface area contributed by atoms with E-state index in [1.807, 2.05) is 0 Å². The van der Waals surface area contributed by atoms with Crippen LogP contribution < -0.4 is 5.32 Å². The molecule has 9 nitrogen and oxygen atoms in total. The van der Waals surface area contributed by atoms with Crippen molar-refractivity contribution in [2.24, 2.45) is 0 Å². The summed E-state index contributed by atoms with van der Waals surface area (Å²) in [6.07, 6.45) is 73.4. The van der Waals surface area contributed by atoms with Crippen LogP contribution in [-0.2, 0) is 14.3 Å². The van der Waals surface area contributed by atoms with Gasteiger partial charge in [0.1, 0.15) is 24.4 Å². The first-order valence-electron chi connectivity index (χ1n) is 37.2. The van der Waals surface area contributed by atoms with Crippen molar-refractivity contribution in [2.75, 3.05) is 13.2 Å². The summed E-state index contributed by atoms with van der Waals surface area (Å²) in [6.45, 7) is 3.92. The Bertz CT molecular complexity index is 1260. The van der Waals surface area contributed by atoms with E-state index in [1.54, 1.807) is 0 Å². The van der Waals surface area contributed by atoms with Gasteiger partial charge in [-0.3, -0.25) is 4.79 Å². The van der Waals surface area contributed by atoms with E-state index in [1.165, 1.54) is 340 Å². The molecule has 1 fully saturated rings. The summed E-state index contributed by atoms with van der Waals surface area (Å²) < 4.78 is 11.4. The number of amides is 1. The molecule has 7 atom stereocenters. The van der Waals surface area contributed by atoms with E-state index in [4.69, 9.17) is 9.47 Å². The number of hydrogen-bond acceptors (Lipinski definition) is 8. The second kappa shape index (κ2) is 63.2. The lowest BCUT2D eigenvalue weighted by Gasteiger charge is -2.40. The summed E-state index contributed by atoms with van der Waals surface area (Å²) in [5, 5.41) is 55.0. The highest BCUT2D eigenvalue weighted by molar-refractivity contribution is 5.76. The molecule has 0 radical (unpaired) electrons. The monoisotopic (exact) mass is 1160 g/mol. The zero-order valence-corrected chi connectivity index (χ0v) is 55.0. The highest BCUT2D eigenvalue weighted by atomic mass is 16.7. The molecule has 1 heterocycles. The summed E-state index contributed by atoms with van der Waals surface area (Å²) in [4.78, 5) is 13.2. The number of aliphatic hydroxyl groups is 5. The molecule has 0 aromatic rings. The Hall–Kier alpha value is -0.810. The highest BCUT2D eigenvalue weighted by Gasteiger charge is 2.44. The maximum atomic E-state index is 13.2. The van der Waals surface area contributed by atoms with E-state index in [2.05, 4.69) is 19.2 Å². The van der Waals surface area contributed by atoms with Crippen LogP contribution in [0.4, 0.5) is 0 Å². The summed E-state index contributed by atoms with van der Waals surface area (Å²) >= 11 is 0. The second-order valence-electron chi connectivity index (χ2n) is 26.5. The van der Waals surface area contributed by atoms with Gasteiger partial charge in [0.25, 0.3) is 0 Å². The minimum Gasteiger partial charge on any atom is -0.394 e. The Balaban J connectivity index is 2.07. The largest absolute Gasteiger partial charge is 0.394 e. The van der Waals surface area contributed by atoms with Crippen LogP contribution in [0.5, 0.6) is 0 Å². The third-order valence-electron chi connectivity index (χ3n) is 18.5. The van der Waals surface area contributed by atoms with Crippen molar-refractivity contribution in [1.82, 2.24) is 5.32 Å². The quantitative estimate of drug-likeness (QED) is 0.0330. The number of carbonyl (C=O) groups excluding carboxylic acids is 1. The Kier molecular flexibility index (Phi) is 61.1. The average molecular weight is 1160 g/mol. The van der Waals surface area contributed by atoms with Crippen LogP contribution in [0.3, 0.4) is 0 Å². The van der Waals surface area contributed by atoms with Crippen molar-refractivity contribution in [3.8, 4) is 0 Å². The third-order valence-corrected chi connectivity index (χ3v) is 18.5. The molecule has 1 saturated heterocycles. The van der Waals surface area contributed by atoms with E-state index in [9.17, 15) is 30.3 Å². The van der Waals surface area contributed by atoms with Crippen LogP contribution in [0.2, 0.25) is 0 Å². The first kappa shape index (κ1) is 79.2. The number of rotatable bonds is 67. The molecule has 0 spiro atoms. The van der Waals surface area contributed by atoms with Gasteiger partial charge in [-0.1, -0.05) is 386 Å². The highest BCUT2D eigenvalue weighted by Crippen LogP contribution is 2.24. The van der Waals surface area contributed by atoms with Crippen molar-refractivity contribution >= 4 is 5.91 Å². The van der Waals surface area contributed by atoms with E-state index in [0.29, 0.717) is 12.8 Å². The number of hydrogen-bond donors (Lipinski definition) is 6. The molecule has 1 aliphatic rings. The molecule has 0 aromatic heterocycles. The van der Waals surface area contributed by atoms with E-state index in [0.717, 1.165) is 38.5 Å². The minimum atomic E-state index is -1.55. The van der Waals surface area contributed by atoms with Gasteiger partial charge in [0.15, 0.2) is 6.29 Å².